The van der Waals surface area contributed by atoms with Crippen molar-refractivity contribution in [3.8, 4) is 28.5 Å². The van der Waals surface area contributed by atoms with Crippen molar-refractivity contribution in [2.75, 3.05) is 18.9 Å². The van der Waals surface area contributed by atoms with Gasteiger partial charge in [-0.2, -0.15) is 0 Å². The van der Waals surface area contributed by atoms with Crippen LogP contribution < -0.4 is 25.8 Å². The first-order chi connectivity index (χ1) is 23.1. The maximum atomic E-state index is 13.2. The molecule has 1 unspecified atom stereocenters. The number of rotatable bonds is 12. The van der Waals surface area contributed by atoms with Crippen molar-refractivity contribution in [3.63, 3.8) is 0 Å². The van der Waals surface area contributed by atoms with Crippen LogP contribution in [-0.2, 0) is 14.4 Å². The highest BCUT2D eigenvalue weighted by molar-refractivity contribution is 6.24. The van der Waals surface area contributed by atoms with E-state index in [1.165, 1.54) is 6.07 Å². The predicted octanol–water partition coefficient (Wildman–Crippen LogP) is 2.50. The molecule has 5 N–H and O–H groups in total. The van der Waals surface area contributed by atoms with Crippen molar-refractivity contribution in [3.05, 3.63) is 59.7 Å². The van der Waals surface area contributed by atoms with Crippen LogP contribution in [0.2, 0.25) is 0 Å². The fourth-order valence-electron chi connectivity index (χ4n) is 7.47. The second kappa shape index (κ2) is 11.9. The van der Waals surface area contributed by atoms with Crippen molar-refractivity contribution in [1.29, 1.82) is 0 Å². The third kappa shape index (κ3) is 5.56. The maximum Gasteiger partial charge on any atom is 0.266 e. The number of ether oxygens (including phenoxy) is 2. The van der Waals surface area contributed by atoms with E-state index in [0.29, 0.717) is 30.0 Å². The molecule has 3 aromatic rings. The second-order valence-corrected chi connectivity index (χ2v) is 13.0. The molecule has 14 nitrogen and oxygen atoms in total. The number of amides is 5. The standard InChI is InChI=1S/C34H34N6O8/c35-29-25(15-21(38-39-29)19-5-1-2-7-23(19)41)48-14-12-33-16-34(17-33,18-33)37-27(43)9-4-13-47-24-8-3-6-20-28(24)32(46)40(31(20)45)22-10-11-26(42)36-30(22)44/h1-3,5-8,15,22,41H,4,9-14,16-18H2,(H2,35,39)(H,37,43)(H,36,42,44). The van der Waals surface area contributed by atoms with Crippen LogP contribution in [0.25, 0.3) is 11.3 Å². The predicted molar refractivity (Wildman–Crippen MR) is 169 cm³/mol. The number of nitrogens with zero attached hydrogens (tertiary/aromatic N) is 3. The Balaban J connectivity index is 0.848. The number of anilines is 1. The zero-order chi connectivity index (χ0) is 33.6. The van der Waals surface area contributed by atoms with Gasteiger partial charge in [0.2, 0.25) is 17.7 Å². The highest BCUT2D eigenvalue weighted by atomic mass is 16.5. The van der Waals surface area contributed by atoms with Crippen molar-refractivity contribution in [2.24, 2.45) is 5.41 Å². The van der Waals surface area contributed by atoms with Gasteiger partial charge in [-0.05, 0) is 68.2 Å². The van der Waals surface area contributed by atoms with Gasteiger partial charge in [0.25, 0.3) is 11.8 Å². The lowest BCUT2D eigenvalue weighted by atomic mass is 9.38. The molecule has 3 heterocycles. The molecular weight excluding hydrogens is 620 g/mol. The van der Waals surface area contributed by atoms with Crippen molar-refractivity contribution in [1.82, 2.24) is 25.7 Å². The number of nitrogens with two attached hydrogens (primary N) is 1. The molecule has 1 aromatic heterocycles. The molecular formula is C34H34N6O8. The topological polar surface area (TPSA) is 203 Å². The Morgan fingerprint density at radius 2 is 1.73 bits per heavy atom. The third-order valence-electron chi connectivity index (χ3n) is 9.64. The minimum Gasteiger partial charge on any atom is -0.507 e. The Bertz CT molecular complexity index is 1840. The van der Waals surface area contributed by atoms with Crippen molar-refractivity contribution < 1.29 is 38.6 Å². The number of fused-ring (bicyclic) bond motifs is 1. The normalized spacial score (nSPS) is 23.9. The van der Waals surface area contributed by atoms with Gasteiger partial charge in [-0.15, -0.1) is 10.2 Å². The number of phenols is 1. The third-order valence-corrected chi connectivity index (χ3v) is 9.64. The molecule has 248 valence electrons. The number of nitrogen functional groups attached to an aromatic ring is 1. The van der Waals surface area contributed by atoms with Gasteiger partial charge < -0.3 is 25.6 Å². The summed E-state index contributed by atoms with van der Waals surface area (Å²) >= 11 is 0. The second-order valence-electron chi connectivity index (χ2n) is 13.0. The lowest BCUT2D eigenvalue weighted by Gasteiger charge is -2.71. The van der Waals surface area contributed by atoms with E-state index in [4.69, 9.17) is 15.2 Å². The molecule has 8 rings (SSSR count). The van der Waals surface area contributed by atoms with E-state index in [2.05, 4.69) is 20.8 Å². The van der Waals surface area contributed by atoms with E-state index in [0.717, 1.165) is 30.6 Å². The van der Waals surface area contributed by atoms with Gasteiger partial charge in [0.15, 0.2) is 11.6 Å². The summed E-state index contributed by atoms with van der Waals surface area (Å²) in [5.74, 6) is -1.56. The molecule has 5 aliphatic rings. The van der Waals surface area contributed by atoms with Gasteiger partial charge in [0, 0.05) is 30.0 Å². The molecule has 5 amide bonds. The van der Waals surface area contributed by atoms with Crippen LogP contribution in [0.4, 0.5) is 5.82 Å². The van der Waals surface area contributed by atoms with Crippen LogP contribution in [0.5, 0.6) is 17.2 Å². The molecule has 1 atom stereocenters. The van der Waals surface area contributed by atoms with Gasteiger partial charge in [-0.3, -0.25) is 34.2 Å². The molecule has 3 aliphatic carbocycles. The quantitative estimate of drug-likeness (QED) is 0.165. The SMILES string of the molecule is Nc1nnc(-c2ccccc2O)cc1OCCC12CC(NC(=O)CCCOc3cccc4c3C(=O)N(C3CCC(=O)NC3=O)C4=O)(C1)C2. The number of phenolic OH excluding ortho intramolecular Hbond substituents is 1. The van der Waals surface area contributed by atoms with E-state index in [9.17, 15) is 29.1 Å². The summed E-state index contributed by atoms with van der Waals surface area (Å²) in [6.07, 6.45) is 4.14. The minimum absolute atomic E-state index is 0.0370. The smallest absolute Gasteiger partial charge is 0.266 e. The van der Waals surface area contributed by atoms with Crippen LogP contribution in [-0.4, -0.2) is 74.5 Å². The summed E-state index contributed by atoms with van der Waals surface area (Å²) < 4.78 is 11.8. The molecule has 2 aromatic carbocycles. The molecule has 4 fully saturated rings. The number of carbonyl (C=O) groups is 5. The fraction of sp³-hybridized carbons (Fsp3) is 0.382. The first-order valence-electron chi connectivity index (χ1n) is 15.9. The number of nitrogens with one attached hydrogen (secondary N) is 2. The number of hydrogen-bond donors (Lipinski definition) is 4. The summed E-state index contributed by atoms with van der Waals surface area (Å²) in [7, 11) is 0. The average molecular weight is 655 g/mol. The Morgan fingerprint density at radius 3 is 2.50 bits per heavy atom. The lowest BCUT2D eigenvalue weighted by Crippen LogP contribution is -2.74. The number of benzene rings is 2. The van der Waals surface area contributed by atoms with E-state index >= 15 is 0 Å². The van der Waals surface area contributed by atoms with Gasteiger partial charge in [-0.25, -0.2) is 0 Å². The Labute approximate surface area is 275 Å². The van der Waals surface area contributed by atoms with E-state index in [1.54, 1.807) is 42.5 Å². The van der Waals surface area contributed by atoms with Crippen LogP contribution in [0.3, 0.4) is 0 Å². The fourth-order valence-corrected chi connectivity index (χ4v) is 7.47. The molecule has 3 saturated carbocycles. The van der Waals surface area contributed by atoms with Crippen LogP contribution >= 0.6 is 0 Å². The Morgan fingerprint density at radius 1 is 0.979 bits per heavy atom. The molecule has 0 radical (unpaired) electrons. The van der Waals surface area contributed by atoms with Gasteiger partial charge in [0.1, 0.15) is 23.2 Å². The van der Waals surface area contributed by atoms with E-state index in [-0.39, 0.29) is 71.2 Å². The highest BCUT2D eigenvalue weighted by Crippen LogP contribution is 2.68. The summed E-state index contributed by atoms with van der Waals surface area (Å²) in [4.78, 5) is 63.8. The number of aromatic nitrogens is 2. The first-order valence-corrected chi connectivity index (χ1v) is 15.9. The van der Waals surface area contributed by atoms with Crippen LogP contribution in [0.15, 0.2) is 48.5 Å². The zero-order valence-electron chi connectivity index (χ0n) is 26.0. The number of aromatic hydroxyl groups is 1. The van der Waals surface area contributed by atoms with Crippen molar-refractivity contribution >= 4 is 35.4 Å². The van der Waals surface area contributed by atoms with Crippen LogP contribution in [0.1, 0.15) is 72.1 Å². The largest absolute Gasteiger partial charge is 0.507 e. The molecule has 2 aliphatic heterocycles. The molecule has 2 bridgehead atoms. The number of piperidine rings is 1. The molecule has 14 heteroatoms. The van der Waals surface area contributed by atoms with Crippen LogP contribution in [0, 0.1) is 5.41 Å². The number of hydrogen-bond acceptors (Lipinski definition) is 11. The van der Waals surface area contributed by atoms with E-state index in [1.807, 2.05) is 0 Å². The minimum atomic E-state index is -1.06. The average Bonchev–Trinajstić information content (AvgIpc) is 3.28. The summed E-state index contributed by atoms with van der Waals surface area (Å²) in [5.41, 5.74) is 7.12. The first kappa shape index (κ1) is 31.1. The van der Waals surface area contributed by atoms with Gasteiger partial charge in [-0.1, -0.05) is 18.2 Å². The van der Waals surface area contributed by atoms with Gasteiger partial charge >= 0.3 is 0 Å². The number of imide groups is 2. The number of para-hydroxylation sites is 1. The highest BCUT2D eigenvalue weighted by Gasteiger charge is 2.67. The summed E-state index contributed by atoms with van der Waals surface area (Å²) in [6, 6.07) is 12.1. The van der Waals surface area contributed by atoms with Gasteiger partial charge in [0.05, 0.1) is 24.3 Å². The molecule has 48 heavy (non-hydrogen) atoms. The Kier molecular flexibility index (Phi) is 7.72. The van der Waals surface area contributed by atoms with E-state index < -0.39 is 29.7 Å². The summed E-state index contributed by atoms with van der Waals surface area (Å²) in [6.45, 7) is 0.580. The monoisotopic (exact) mass is 654 g/mol. The number of carbonyl (C=O) groups excluding carboxylic acids is 5. The Hall–Kier alpha value is -5.53. The maximum absolute atomic E-state index is 13.2. The molecule has 1 saturated heterocycles. The lowest BCUT2D eigenvalue weighted by molar-refractivity contribution is -0.171. The molecule has 0 spiro atoms. The zero-order valence-corrected chi connectivity index (χ0v) is 26.0. The van der Waals surface area contributed by atoms with Crippen molar-refractivity contribution in [2.45, 2.75) is 62.9 Å². The summed E-state index contributed by atoms with van der Waals surface area (Å²) in [5, 5.41) is 23.5.